The molecule has 1 aromatic rings. The SMILES string of the molecule is CCc1ccc(CC(NC)C(C)(C)S(C)(=O)=O)cc1. The van der Waals surface area contributed by atoms with Gasteiger partial charge in [0.2, 0.25) is 0 Å². The first-order chi connectivity index (χ1) is 8.72. The zero-order chi connectivity index (χ0) is 14.7. The number of benzene rings is 1. The molecular weight excluding hydrogens is 258 g/mol. The van der Waals surface area contributed by atoms with E-state index in [0.29, 0.717) is 6.42 Å². The van der Waals surface area contributed by atoms with Gasteiger partial charge < -0.3 is 5.32 Å². The van der Waals surface area contributed by atoms with Gasteiger partial charge in [0.05, 0.1) is 4.75 Å². The van der Waals surface area contributed by atoms with E-state index in [-0.39, 0.29) is 6.04 Å². The fourth-order valence-corrected chi connectivity index (χ4v) is 2.82. The molecule has 1 atom stereocenters. The minimum absolute atomic E-state index is 0.102. The molecule has 0 saturated carbocycles. The van der Waals surface area contributed by atoms with E-state index in [1.165, 1.54) is 11.8 Å². The monoisotopic (exact) mass is 283 g/mol. The maximum absolute atomic E-state index is 11.9. The van der Waals surface area contributed by atoms with Crippen LogP contribution in [-0.4, -0.2) is 32.5 Å². The normalized spacial score (nSPS) is 14.4. The summed E-state index contributed by atoms with van der Waals surface area (Å²) in [7, 11) is -1.29. The van der Waals surface area contributed by atoms with Crippen LogP contribution >= 0.6 is 0 Å². The van der Waals surface area contributed by atoms with Crippen molar-refractivity contribution < 1.29 is 8.42 Å². The van der Waals surface area contributed by atoms with E-state index in [2.05, 4.69) is 36.5 Å². The first-order valence-corrected chi connectivity index (χ1v) is 8.56. The Morgan fingerprint density at radius 1 is 1.16 bits per heavy atom. The standard InChI is InChI=1S/C15H25NO2S/c1-6-12-7-9-13(10-8-12)11-14(16-4)15(2,3)19(5,17)18/h7-10,14,16H,6,11H2,1-5H3. The number of likely N-dealkylation sites (N-methyl/N-ethyl adjacent to an activating group) is 1. The van der Waals surface area contributed by atoms with Crippen molar-refractivity contribution in [2.75, 3.05) is 13.3 Å². The maximum Gasteiger partial charge on any atom is 0.154 e. The zero-order valence-corrected chi connectivity index (χ0v) is 13.3. The summed E-state index contributed by atoms with van der Waals surface area (Å²) in [4.78, 5) is 0. The van der Waals surface area contributed by atoms with Gasteiger partial charge in [0.15, 0.2) is 9.84 Å². The highest BCUT2D eigenvalue weighted by Gasteiger charge is 2.38. The van der Waals surface area contributed by atoms with E-state index in [1.807, 2.05) is 7.05 Å². The third-order valence-corrected chi connectivity index (χ3v) is 6.21. The molecule has 0 bridgehead atoms. The van der Waals surface area contributed by atoms with E-state index in [4.69, 9.17) is 0 Å². The quantitative estimate of drug-likeness (QED) is 0.870. The molecule has 0 aliphatic rings. The largest absolute Gasteiger partial charge is 0.315 e. The molecule has 0 spiro atoms. The predicted molar refractivity (Wildman–Crippen MR) is 81.3 cm³/mol. The van der Waals surface area contributed by atoms with Crippen molar-refractivity contribution in [3.63, 3.8) is 0 Å². The lowest BCUT2D eigenvalue weighted by Gasteiger charge is -2.32. The Morgan fingerprint density at radius 3 is 2.00 bits per heavy atom. The summed E-state index contributed by atoms with van der Waals surface area (Å²) in [5.41, 5.74) is 2.46. The molecule has 19 heavy (non-hydrogen) atoms. The lowest BCUT2D eigenvalue weighted by atomic mass is 9.95. The van der Waals surface area contributed by atoms with Gasteiger partial charge in [-0.25, -0.2) is 8.42 Å². The molecule has 0 radical (unpaired) electrons. The number of hydrogen-bond donors (Lipinski definition) is 1. The molecule has 3 nitrogen and oxygen atoms in total. The first-order valence-electron chi connectivity index (χ1n) is 6.67. The average molecular weight is 283 g/mol. The van der Waals surface area contributed by atoms with Crippen LogP contribution in [0.5, 0.6) is 0 Å². The van der Waals surface area contributed by atoms with Crippen molar-refractivity contribution in [1.29, 1.82) is 0 Å². The van der Waals surface area contributed by atoms with Crippen LogP contribution in [0.25, 0.3) is 0 Å². The summed E-state index contributed by atoms with van der Waals surface area (Å²) in [6, 6.07) is 8.28. The molecule has 0 saturated heterocycles. The van der Waals surface area contributed by atoms with E-state index in [9.17, 15) is 8.42 Å². The van der Waals surface area contributed by atoms with E-state index in [1.54, 1.807) is 13.8 Å². The van der Waals surface area contributed by atoms with Crippen LogP contribution in [0.3, 0.4) is 0 Å². The van der Waals surface area contributed by atoms with Crippen LogP contribution in [0.1, 0.15) is 31.9 Å². The van der Waals surface area contributed by atoms with Gasteiger partial charge in [0.1, 0.15) is 0 Å². The fraction of sp³-hybridized carbons (Fsp3) is 0.600. The van der Waals surface area contributed by atoms with Gasteiger partial charge in [-0.1, -0.05) is 31.2 Å². The Morgan fingerprint density at radius 2 is 1.63 bits per heavy atom. The molecule has 4 heteroatoms. The lowest BCUT2D eigenvalue weighted by molar-refractivity contribution is 0.431. The summed E-state index contributed by atoms with van der Waals surface area (Å²) in [6.45, 7) is 5.69. The second-order valence-corrected chi connectivity index (χ2v) is 8.19. The molecule has 0 aromatic heterocycles. The van der Waals surface area contributed by atoms with Crippen LogP contribution in [0.4, 0.5) is 0 Å². The first kappa shape index (κ1) is 16.2. The van der Waals surface area contributed by atoms with Crippen molar-refractivity contribution in [1.82, 2.24) is 5.32 Å². The third kappa shape index (κ3) is 3.80. The van der Waals surface area contributed by atoms with E-state index >= 15 is 0 Å². The predicted octanol–water partition coefficient (Wildman–Crippen LogP) is 2.20. The Kier molecular flexibility index (Phi) is 5.16. The molecule has 0 aliphatic carbocycles. The summed E-state index contributed by atoms with van der Waals surface area (Å²) < 4.78 is 23.0. The van der Waals surface area contributed by atoms with Gasteiger partial charge >= 0.3 is 0 Å². The summed E-state index contributed by atoms with van der Waals surface area (Å²) in [5, 5.41) is 3.15. The van der Waals surface area contributed by atoms with Gasteiger partial charge in [-0.15, -0.1) is 0 Å². The van der Waals surface area contributed by atoms with E-state index < -0.39 is 14.6 Å². The molecule has 0 fully saturated rings. The molecular formula is C15H25NO2S. The molecule has 108 valence electrons. The summed E-state index contributed by atoms with van der Waals surface area (Å²) in [5.74, 6) is 0. The summed E-state index contributed by atoms with van der Waals surface area (Å²) in [6.07, 6.45) is 3.03. The highest BCUT2D eigenvalue weighted by Crippen LogP contribution is 2.23. The molecule has 0 heterocycles. The number of aryl methyl sites for hydroxylation is 1. The van der Waals surface area contributed by atoms with Gasteiger partial charge in [-0.3, -0.25) is 0 Å². The molecule has 1 N–H and O–H groups in total. The van der Waals surface area contributed by atoms with Gasteiger partial charge in [0, 0.05) is 12.3 Å². The second kappa shape index (κ2) is 6.06. The van der Waals surface area contributed by atoms with Crippen LogP contribution in [0.2, 0.25) is 0 Å². The Bertz CT molecular complexity index is 503. The third-order valence-electron chi connectivity index (χ3n) is 4.01. The zero-order valence-electron chi connectivity index (χ0n) is 12.5. The van der Waals surface area contributed by atoms with Crippen molar-refractivity contribution in [2.24, 2.45) is 0 Å². The fourth-order valence-electron chi connectivity index (χ4n) is 2.10. The van der Waals surface area contributed by atoms with Crippen molar-refractivity contribution >= 4 is 9.84 Å². The molecule has 0 amide bonds. The summed E-state index contributed by atoms with van der Waals surface area (Å²) >= 11 is 0. The van der Waals surface area contributed by atoms with Gasteiger partial charge in [-0.05, 0) is 44.9 Å². The number of rotatable bonds is 6. The van der Waals surface area contributed by atoms with Crippen molar-refractivity contribution in [3.05, 3.63) is 35.4 Å². The smallest absolute Gasteiger partial charge is 0.154 e. The number of nitrogens with one attached hydrogen (secondary N) is 1. The van der Waals surface area contributed by atoms with Crippen molar-refractivity contribution in [2.45, 2.75) is 44.4 Å². The maximum atomic E-state index is 11.9. The topological polar surface area (TPSA) is 46.2 Å². The van der Waals surface area contributed by atoms with Crippen LogP contribution in [0.15, 0.2) is 24.3 Å². The van der Waals surface area contributed by atoms with Gasteiger partial charge in [0.25, 0.3) is 0 Å². The van der Waals surface area contributed by atoms with Crippen LogP contribution in [-0.2, 0) is 22.7 Å². The lowest BCUT2D eigenvalue weighted by Crippen LogP contribution is -2.51. The Balaban J connectivity index is 2.93. The average Bonchev–Trinajstić information content (AvgIpc) is 2.35. The highest BCUT2D eigenvalue weighted by molar-refractivity contribution is 7.92. The minimum atomic E-state index is -3.11. The Hall–Kier alpha value is -0.870. The molecule has 1 rings (SSSR count). The molecule has 0 aliphatic heterocycles. The minimum Gasteiger partial charge on any atom is -0.315 e. The number of hydrogen-bond acceptors (Lipinski definition) is 3. The molecule has 1 unspecified atom stereocenters. The van der Waals surface area contributed by atoms with E-state index in [0.717, 1.165) is 12.0 Å². The Labute approximate surface area is 117 Å². The second-order valence-electron chi connectivity index (χ2n) is 5.59. The van der Waals surface area contributed by atoms with Crippen LogP contribution < -0.4 is 5.32 Å². The highest BCUT2D eigenvalue weighted by atomic mass is 32.2. The van der Waals surface area contributed by atoms with Crippen molar-refractivity contribution in [3.8, 4) is 0 Å². The number of sulfone groups is 1. The molecule has 1 aromatic carbocycles. The van der Waals surface area contributed by atoms with Gasteiger partial charge in [-0.2, -0.15) is 0 Å². The van der Waals surface area contributed by atoms with Crippen LogP contribution in [0, 0.1) is 0 Å².